The van der Waals surface area contributed by atoms with Crippen LogP contribution in [0.1, 0.15) is 80.0 Å². The lowest BCUT2D eigenvalue weighted by atomic mass is 9.94. The average molecular weight is 422 g/mol. The lowest BCUT2D eigenvalue weighted by Crippen LogP contribution is -3.13. The fraction of sp³-hybridized carbons (Fsp3) is 0.583. The Morgan fingerprint density at radius 3 is 2.58 bits per heavy atom. The van der Waals surface area contributed by atoms with Crippen molar-refractivity contribution in [2.75, 3.05) is 13.1 Å². The molecule has 7 nitrogen and oxygen atoms in total. The predicted molar refractivity (Wildman–Crippen MR) is 120 cm³/mol. The lowest BCUT2D eigenvalue weighted by Gasteiger charge is -2.33. The van der Waals surface area contributed by atoms with E-state index in [1.54, 1.807) is 0 Å². The van der Waals surface area contributed by atoms with Gasteiger partial charge in [0.1, 0.15) is 0 Å². The van der Waals surface area contributed by atoms with Crippen LogP contribution in [0.5, 0.6) is 0 Å². The second-order valence-electron chi connectivity index (χ2n) is 9.79. The Kier molecular flexibility index (Phi) is 5.38. The smallest absolute Gasteiger partial charge is 0.258 e. The van der Waals surface area contributed by atoms with Gasteiger partial charge in [0.05, 0.1) is 24.7 Å². The van der Waals surface area contributed by atoms with Gasteiger partial charge >= 0.3 is 0 Å². The molecule has 7 heteroatoms. The Hall–Kier alpha value is -2.54. The highest BCUT2D eigenvalue weighted by Crippen LogP contribution is 2.31. The van der Waals surface area contributed by atoms with Crippen molar-refractivity contribution >= 4 is 10.9 Å². The number of piperidine rings is 1. The van der Waals surface area contributed by atoms with Crippen LogP contribution in [0.3, 0.4) is 0 Å². The van der Waals surface area contributed by atoms with Crippen LogP contribution in [0, 0.1) is 19.8 Å². The molecule has 2 fully saturated rings. The fourth-order valence-electron chi connectivity index (χ4n) is 5.67. The number of tetrazole rings is 1. The molecule has 1 aliphatic carbocycles. The van der Waals surface area contributed by atoms with E-state index in [0.717, 1.165) is 59.7 Å². The number of rotatable bonds is 4. The molecule has 1 saturated carbocycles. The number of aromatic amines is 1. The van der Waals surface area contributed by atoms with E-state index in [2.05, 4.69) is 59.5 Å². The molecule has 2 aromatic heterocycles. The van der Waals surface area contributed by atoms with Crippen LogP contribution in [0.25, 0.3) is 10.9 Å². The molecule has 5 rings (SSSR count). The number of aromatic nitrogens is 5. The molecule has 1 aromatic carbocycles. The second kappa shape index (κ2) is 8.19. The van der Waals surface area contributed by atoms with Crippen molar-refractivity contribution in [1.82, 2.24) is 25.2 Å². The van der Waals surface area contributed by atoms with Crippen LogP contribution in [0.15, 0.2) is 23.0 Å². The standard InChI is InChI=1S/C24H32N6O/c1-15-8-10-29(11-9-15)22(23-26-27-28-30(23)18-6-4-5-7-18)20-14-19-17(3)12-16(2)13-21(19)25-24(20)31/h12-15,18,22H,4-11H2,1-3H3,(H,25,31)/p+1/t22-/m0/s1. The normalized spacial score (nSPS) is 23.5. The topological polar surface area (TPSA) is 80.9 Å². The summed E-state index contributed by atoms with van der Waals surface area (Å²) < 4.78 is 2.04. The van der Waals surface area contributed by atoms with E-state index < -0.39 is 0 Å². The third-order valence-electron chi connectivity index (χ3n) is 7.42. The number of nitrogens with one attached hydrogen (secondary N) is 2. The first-order valence-electron chi connectivity index (χ1n) is 11.8. The molecule has 2 N–H and O–H groups in total. The predicted octanol–water partition coefficient (Wildman–Crippen LogP) is 2.65. The summed E-state index contributed by atoms with van der Waals surface area (Å²) in [6, 6.07) is 6.54. The Labute approximate surface area is 182 Å². The van der Waals surface area contributed by atoms with Crippen molar-refractivity contribution in [3.8, 4) is 0 Å². The first kappa shape index (κ1) is 20.4. The molecule has 2 aliphatic rings. The maximum absolute atomic E-state index is 13.4. The van der Waals surface area contributed by atoms with E-state index in [9.17, 15) is 4.79 Å². The Morgan fingerprint density at radius 1 is 1.10 bits per heavy atom. The average Bonchev–Trinajstić information content (AvgIpc) is 3.42. The van der Waals surface area contributed by atoms with Gasteiger partial charge in [-0.2, -0.15) is 0 Å². The van der Waals surface area contributed by atoms with Gasteiger partial charge in [0.2, 0.25) is 5.82 Å². The van der Waals surface area contributed by atoms with E-state index in [0.29, 0.717) is 6.04 Å². The first-order chi connectivity index (χ1) is 15.0. The van der Waals surface area contributed by atoms with E-state index >= 15 is 0 Å². The van der Waals surface area contributed by atoms with Gasteiger partial charge in [0.15, 0.2) is 6.04 Å². The maximum Gasteiger partial charge on any atom is 0.258 e. The van der Waals surface area contributed by atoms with Gasteiger partial charge in [-0.25, -0.2) is 4.68 Å². The zero-order valence-corrected chi connectivity index (χ0v) is 18.8. The SMILES string of the molecule is Cc1cc(C)c2cc([C@@H](c3nnnn3C3CCCC3)[NH+]3CCC(C)CC3)c(=O)[nH]c2c1. The first-order valence-corrected chi connectivity index (χ1v) is 11.8. The molecule has 164 valence electrons. The van der Waals surface area contributed by atoms with Gasteiger partial charge in [0, 0.05) is 10.9 Å². The number of hydrogen-bond acceptors (Lipinski definition) is 4. The number of benzene rings is 1. The van der Waals surface area contributed by atoms with Crippen LogP contribution in [-0.4, -0.2) is 38.3 Å². The largest absolute Gasteiger partial charge is 0.322 e. The minimum atomic E-state index is -0.142. The molecule has 1 saturated heterocycles. The van der Waals surface area contributed by atoms with Crippen LogP contribution < -0.4 is 10.5 Å². The summed E-state index contributed by atoms with van der Waals surface area (Å²) in [5, 5.41) is 14.1. The number of quaternary nitrogens is 1. The van der Waals surface area contributed by atoms with Crippen LogP contribution in [0.4, 0.5) is 0 Å². The maximum atomic E-state index is 13.4. The van der Waals surface area contributed by atoms with Crippen LogP contribution in [0.2, 0.25) is 0 Å². The number of hydrogen-bond donors (Lipinski definition) is 2. The molecule has 0 radical (unpaired) electrons. The zero-order valence-electron chi connectivity index (χ0n) is 18.8. The van der Waals surface area contributed by atoms with Crippen molar-refractivity contribution in [3.63, 3.8) is 0 Å². The quantitative estimate of drug-likeness (QED) is 0.679. The molecule has 31 heavy (non-hydrogen) atoms. The summed E-state index contributed by atoms with van der Waals surface area (Å²) in [5.74, 6) is 1.58. The number of fused-ring (bicyclic) bond motifs is 1. The summed E-state index contributed by atoms with van der Waals surface area (Å²) in [6.07, 6.45) is 7.00. The van der Waals surface area contributed by atoms with E-state index in [1.807, 2.05) is 4.68 Å². The van der Waals surface area contributed by atoms with Crippen LogP contribution in [-0.2, 0) is 0 Å². The van der Waals surface area contributed by atoms with E-state index in [1.165, 1.54) is 36.1 Å². The highest BCUT2D eigenvalue weighted by molar-refractivity contribution is 5.83. The number of pyridine rings is 1. The summed E-state index contributed by atoms with van der Waals surface area (Å²) >= 11 is 0. The molecule has 1 aliphatic heterocycles. The molecular weight excluding hydrogens is 388 g/mol. The van der Waals surface area contributed by atoms with Gasteiger partial charge < -0.3 is 9.88 Å². The summed E-state index contributed by atoms with van der Waals surface area (Å²) in [7, 11) is 0. The lowest BCUT2D eigenvalue weighted by molar-refractivity contribution is -0.932. The van der Waals surface area contributed by atoms with Crippen molar-refractivity contribution in [3.05, 3.63) is 51.1 Å². The van der Waals surface area contributed by atoms with Crippen molar-refractivity contribution in [1.29, 1.82) is 0 Å². The van der Waals surface area contributed by atoms with Gasteiger partial charge in [-0.1, -0.05) is 25.8 Å². The number of H-pyrrole nitrogens is 1. The molecule has 0 amide bonds. The summed E-state index contributed by atoms with van der Waals surface area (Å²) in [4.78, 5) is 18.0. The highest BCUT2D eigenvalue weighted by atomic mass is 16.1. The molecule has 0 unspecified atom stereocenters. The molecule has 0 spiro atoms. The minimum Gasteiger partial charge on any atom is -0.322 e. The highest BCUT2D eigenvalue weighted by Gasteiger charge is 2.37. The second-order valence-corrected chi connectivity index (χ2v) is 9.79. The number of aryl methyl sites for hydroxylation is 2. The third kappa shape index (κ3) is 3.80. The van der Waals surface area contributed by atoms with E-state index in [4.69, 9.17) is 0 Å². The molecular formula is C24H33N6O+. The monoisotopic (exact) mass is 421 g/mol. The Morgan fingerprint density at radius 2 is 1.84 bits per heavy atom. The summed E-state index contributed by atoms with van der Waals surface area (Å²) in [5.41, 5.74) is 4.02. The van der Waals surface area contributed by atoms with Gasteiger partial charge in [-0.05, 0) is 79.1 Å². The Bertz CT molecular complexity index is 1130. The van der Waals surface area contributed by atoms with Gasteiger partial charge in [0.25, 0.3) is 5.56 Å². The van der Waals surface area contributed by atoms with Gasteiger partial charge in [-0.15, -0.1) is 5.10 Å². The summed E-state index contributed by atoms with van der Waals surface area (Å²) in [6.45, 7) is 8.57. The minimum absolute atomic E-state index is 0.0189. The molecule has 1 atom stereocenters. The van der Waals surface area contributed by atoms with Crippen molar-refractivity contribution < 1.29 is 4.90 Å². The Balaban J connectivity index is 1.66. The third-order valence-corrected chi connectivity index (χ3v) is 7.42. The number of likely N-dealkylation sites (tertiary alicyclic amines) is 1. The van der Waals surface area contributed by atoms with Crippen LogP contribution >= 0.6 is 0 Å². The molecule has 3 heterocycles. The zero-order chi connectivity index (χ0) is 21.5. The fourth-order valence-corrected chi connectivity index (χ4v) is 5.67. The van der Waals surface area contributed by atoms with E-state index in [-0.39, 0.29) is 11.6 Å². The van der Waals surface area contributed by atoms with Crippen molar-refractivity contribution in [2.24, 2.45) is 5.92 Å². The molecule has 3 aromatic rings. The van der Waals surface area contributed by atoms with Crippen molar-refractivity contribution in [2.45, 2.75) is 71.4 Å². The van der Waals surface area contributed by atoms with Gasteiger partial charge in [-0.3, -0.25) is 4.79 Å². The number of nitrogens with zero attached hydrogens (tertiary/aromatic N) is 4. The molecule has 0 bridgehead atoms.